The van der Waals surface area contributed by atoms with Crippen molar-refractivity contribution in [2.45, 2.75) is 70.4 Å². The van der Waals surface area contributed by atoms with Gasteiger partial charge in [-0.05, 0) is 65.6 Å². The highest BCUT2D eigenvalue weighted by molar-refractivity contribution is 5.03. The fourth-order valence-electron chi connectivity index (χ4n) is 2.43. The van der Waals surface area contributed by atoms with Crippen LogP contribution in [0.4, 0.5) is 0 Å². The summed E-state index contributed by atoms with van der Waals surface area (Å²) in [5, 5.41) is 12.6. The smallest absolute Gasteiger partial charge is 0.103 e. The van der Waals surface area contributed by atoms with Crippen LogP contribution in [0.15, 0.2) is 0 Å². The minimum atomic E-state index is -0.328. The van der Waals surface area contributed by atoms with Gasteiger partial charge in [-0.1, -0.05) is 13.3 Å². The fourth-order valence-corrected chi connectivity index (χ4v) is 2.43. The molecule has 18 heavy (non-hydrogen) atoms. The minimum Gasteiger partial charge on any atom is -0.303 e. The highest BCUT2D eigenvalue weighted by Gasteiger charge is 2.23. The van der Waals surface area contributed by atoms with Crippen molar-refractivity contribution >= 4 is 0 Å². The number of hydrogen-bond donors (Lipinski definition) is 1. The molecule has 0 spiro atoms. The van der Waals surface area contributed by atoms with Crippen molar-refractivity contribution in [3.05, 3.63) is 0 Å². The van der Waals surface area contributed by atoms with Crippen LogP contribution in [0.5, 0.6) is 0 Å². The number of rotatable bonds is 9. The molecule has 104 valence electrons. The SMILES string of the molecule is CCCNC(C)(C#N)CCCCN(C)C1CCC1. The molecule has 1 aliphatic rings. The molecule has 0 aliphatic heterocycles. The lowest BCUT2D eigenvalue weighted by atomic mass is 9.91. The molecule has 1 N–H and O–H groups in total. The standard InChI is InChI=1S/C15H29N3/c1-4-11-17-15(2,13-16)10-5-6-12-18(3)14-8-7-9-14/h14,17H,4-12H2,1-3H3. The Balaban J connectivity index is 2.12. The quantitative estimate of drug-likeness (QED) is 0.640. The third kappa shape index (κ3) is 4.96. The van der Waals surface area contributed by atoms with Crippen molar-refractivity contribution in [1.82, 2.24) is 10.2 Å². The molecule has 1 rings (SSSR count). The predicted octanol–water partition coefficient (Wildman–Crippen LogP) is 2.92. The number of nitriles is 1. The molecule has 0 saturated heterocycles. The zero-order valence-corrected chi connectivity index (χ0v) is 12.3. The lowest BCUT2D eigenvalue weighted by Gasteiger charge is -2.35. The number of nitrogens with one attached hydrogen (secondary N) is 1. The summed E-state index contributed by atoms with van der Waals surface area (Å²) in [6, 6.07) is 3.26. The van der Waals surface area contributed by atoms with Crippen molar-refractivity contribution in [3.63, 3.8) is 0 Å². The maximum absolute atomic E-state index is 9.23. The number of hydrogen-bond acceptors (Lipinski definition) is 3. The van der Waals surface area contributed by atoms with Gasteiger partial charge in [0.05, 0.1) is 6.07 Å². The van der Waals surface area contributed by atoms with Gasteiger partial charge in [0, 0.05) is 6.04 Å². The summed E-state index contributed by atoms with van der Waals surface area (Å²) < 4.78 is 0. The molecule has 0 amide bonds. The summed E-state index contributed by atoms with van der Waals surface area (Å²) >= 11 is 0. The second-order valence-electron chi connectivity index (χ2n) is 5.89. The Hall–Kier alpha value is -0.590. The Morgan fingerprint density at radius 1 is 1.39 bits per heavy atom. The Labute approximate surface area is 113 Å². The van der Waals surface area contributed by atoms with Crippen molar-refractivity contribution < 1.29 is 0 Å². The largest absolute Gasteiger partial charge is 0.303 e. The first-order valence-corrected chi connectivity index (χ1v) is 7.48. The average Bonchev–Trinajstić information content (AvgIpc) is 2.30. The van der Waals surface area contributed by atoms with Gasteiger partial charge in [0.25, 0.3) is 0 Å². The topological polar surface area (TPSA) is 39.1 Å². The molecule has 1 atom stereocenters. The molecule has 0 aromatic carbocycles. The summed E-state index contributed by atoms with van der Waals surface area (Å²) in [6.45, 7) is 6.28. The van der Waals surface area contributed by atoms with Crippen molar-refractivity contribution in [3.8, 4) is 6.07 Å². The van der Waals surface area contributed by atoms with Crippen molar-refractivity contribution in [2.75, 3.05) is 20.1 Å². The van der Waals surface area contributed by atoms with Crippen LogP contribution >= 0.6 is 0 Å². The second kappa shape index (κ2) is 7.76. The highest BCUT2D eigenvalue weighted by Crippen LogP contribution is 2.24. The normalized spacial score (nSPS) is 19.3. The van der Waals surface area contributed by atoms with E-state index in [0.29, 0.717) is 0 Å². The molecule has 1 fully saturated rings. The van der Waals surface area contributed by atoms with Crippen LogP contribution in [0.25, 0.3) is 0 Å². The van der Waals surface area contributed by atoms with Crippen LogP contribution in [0.1, 0.15) is 58.8 Å². The van der Waals surface area contributed by atoms with E-state index in [0.717, 1.165) is 31.8 Å². The van der Waals surface area contributed by atoms with Gasteiger partial charge in [-0.15, -0.1) is 0 Å². The highest BCUT2D eigenvalue weighted by atomic mass is 15.1. The molecule has 0 bridgehead atoms. The van der Waals surface area contributed by atoms with E-state index in [9.17, 15) is 5.26 Å². The van der Waals surface area contributed by atoms with Crippen LogP contribution in [-0.2, 0) is 0 Å². The van der Waals surface area contributed by atoms with Gasteiger partial charge in [0.15, 0.2) is 0 Å². The van der Waals surface area contributed by atoms with Crippen LogP contribution in [0.3, 0.4) is 0 Å². The summed E-state index contributed by atoms with van der Waals surface area (Å²) in [4.78, 5) is 2.49. The lowest BCUT2D eigenvalue weighted by Crippen LogP contribution is -2.41. The van der Waals surface area contributed by atoms with Crippen LogP contribution in [-0.4, -0.2) is 36.6 Å². The van der Waals surface area contributed by atoms with E-state index in [2.05, 4.69) is 30.3 Å². The summed E-state index contributed by atoms with van der Waals surface area (Å²) in [5.41, 5.74) is -0.328. The van der Waals surface area contributed by atoms with Crippen molar-refractivity contribution in [2.24, 2.45) is 0 Å². The molecule has 0 aromatic heterocycles. The van der Waals surface area contributed by atoms with Gasteiger partial charge in [-0.3, -0.25) is 5.32 Å². The minimum absolute atomic E-state index is 0.328. The first-order valence-electron chi connectivity index (χ1n) is 7.48. The Morgan fingerprint density at radius 3 is 2.61 bits per heavy atom. The van der Waals surface area contributed by atoms with Crippen molar-refractivity contribution in [1.29, 1.82) is 5.26 Å². The zero-order valence-electron chi connectivity index (χ0n) is 12.3. The number of unbranched alkanes of at least 4 members (excludes halogenated alkanes) is 1. The monoisotopic (exact) mass is 251 g/mol. The molecule has 0 heterocycles. The van der Waals surface area contributed by atoms with Gasteiger partial charge in [0.1, 0.15) is 5.54 Å². The van der Waals surface area contributed by atoms with Gasteiger partial charge in [-0.25, -0.2) is 0 Å². The molecule has 1 unspecified atom stereocenters. The molecule has 3 nitrogen and oxygen atoms in total. The van der Waals surface area contributed by atoms with Gasteiger partial charge >= 0.3 is 0 Å². The zero-order chi connectivity index (χ0) is 13.4. The average molecular weight is 251 g/mol. The first-order chi connectivity index (χ1) is 8.61. The molecule has 1 aliphatic carbocycles. The Bertz CT molecular complexity index is 267. The molecular weight excluding hydrogens is 222 g/mol. The molecule has 0 aromatic rings. The van der Waals surface area contributed by atoms with Gasteiger partial charge in [-0.2, -0.15) is 5.26 Å². The number of nitrogens with zero attached hydrogens (tertiary/aromatic N) is 2. The van der Waals surface area contributed by atoms with E-state index in [1.807, 2.05) is 6.92 Å². The Kier molecular flexibility index (Phi) is 6.67. The summed E-state index contributed by atoms with van der Waals surface area (Å²) in [5.74, 6) is 0. The van der Waals surface area contributed by atoms with Crippen LogP contribution < -0.4 is 5.32 Å². The third-order valence-corrected chi connectivity index (χ3v) is 4.15. The summed E-state index contributed by atoms with van der Waals surface area (Å²) in [7, 11) is 2.24. The van der Waals surface area contributed by atoms with E-state index in [1.54, 1.807) is 0 Å². The van der Waals surface area contributed by atoms with E-state index in [4.69, 9.17) is 0 Å². The second-order valence-corrected chi connectivity index (χ2v) is 5.89. The third-order valence-electron chi connectivity index (χ3n) is 4.15. The van der Waals surface area contributed by atoms with Gasteiger partial charge < -0.3 is 4.90 Å². The van der Waals surface area contributed by atoms with E-state index >= 15 is 0 Å². The molecule has 0 radical (unpaired) electrons. The summed E-state index contributed by atoms with van der Waals surface area (Å²) in [6.07, 6.45) is 8.55. The van der Waals surface area contributed by atoms with Gasteiger partial charge in [0.2, 0.25) is 0 Å². The molecule has 3 heteroatoms. The Morgan fingerprint density at radius 2 is 2.11 bits per heavy atom. The predicted molar refractivity (Wildman–Crippen MR) is 76.4 cm³/mol. The van der Waals surface area contributed by atoms with Crippen LogP contribution in [0.2, 0.25) is 0 Å². The maximum atomic E-state index is 9.23. The molecule has 1 saturated carbocycles. The van der Waals surface area contributed by atoms with E-state index < -0.39 is 0 Å². The first kappa shape index (κ1) is 15.5. The van der Waals surface area contributed by atoms with E-state index in [-0.39, 0.29) is 5.54 Å². The van der Waals surface area contributed by atoms with Crippen LogP contribution in [0, 0.1) is 11.3 Å². The lowest BCUT2D eigenvalue weighted by molar-refractivity contribution is 0.156. The van der Waals surface area contributed by atoms with E-state index in [1.165, 1.54) is 32.2 Å². The maximum Gasteiger partial charge on any atom is 0.103 e. The molecular formula is C15H29N3. The fraction of sp³-hybridized carbons (Fsp3) is 0.933.